The Hall–Kier alpha value is -2.53. The molecule has 0 heterocycles. The van der Waals surface area contributed by atoms with Crippen molar-refractivity contribution in [3.05, 3.63) is 58.6 Å². The predicted molar refractivity (Wildman–Crippen MR) is 92.7 cm³/mol. The molecule has 0 spiro atoms. The number of hydrogen-bond donors (Lipinski definition) is 1. The molecule has 2 rings (SSSR count). The summed E-state index contributed by atoms with van der Waals surface area (Å²) in [5.41, 5.74) is 1.56. The van der Waals surface area contributed by atoms with Crippen LogP contribution in [-0.4, -0.2) is 25.1 Å². The van der Waals surface area contributed by atoms with E-state index < -0.39 is 12.1 Å². The molecule has 1 N–H and O–H groups in total. The highest BCUT2D eigenvalue weighted by molar-refractivity contribution is 6.33. The number of methoxy groups -OCH3 is 1. The number of halogens is 1. The second-order valence-electron chi connectivity index (χ2n) is 5.20. The average molecular weight is 348 g/mol. The molecule has 5 nitrogen and oxygen atoms in total. The molecule has 6 heteroatoms. The largest absolute Gasteiger partial charge is 0.481 e. The first-order valence-corrected chi connectivity index (χ1v) is 7.71. The van der Waals surface area contributed by atoms with Crippen LogP contribution in [0.3, 0.4) is 0 Å². The lowest BCUT2D eigenvalue weighted by atomic mass is 10.2. The molecule has 0 bridgehead atoms. The summed E-state index contributed by atoms with van der Waals surface area (Å²) in [4.78, 5) is 23.9. The van der Waals surface area contributed by atoms with Gasteiger partial charge in [-0.25, -0.2) is 4.79 Å². The number of rotatable bonds is 5. The minimum Gasteiger partial charge on any atom is -0.481 e. The van der Waals surface area contributed by atoms with Crippen LogP contribution in [0.15, 0.2) is 42.5 Å². The van der Waals surface area contributed by atoms with Gasteiger partial charge in [-0.05, 0) is 43.7 Å². The first kappa shape index (κ1) is 17.8. The molecule has 0 aliphatic heterocycles. The van der Waals surface area contributed by atoms with Crippen molar-refractivity contribution in [1.29, 1.82) is 0 Å². The van der Waals surface area contributed by atoms with Crippen LogP contribution in [0.1, 0.15) is 22.8 Å². The summed E-state index contributed by atoms with van der Waals surface area (Å²) in [6, 6.07) is 12.0. The van der Waals surface area contributed by atoms with Crippen LogP contribution in [0.5, 0.6) is 5.75 Å². The van der Waals surface area contributed by atoms with Crippen molar-refractivity contribution in [3.63, 3.8) is 0 Å². The summed E-state index contributed by atoms with van der Waals surface area (Å²) < 4.78 is 10.3. The highest BCUT2D eigenvalue weighted by Gasteiger charge is 2.17. The Balaban J connectivity index is 2.09. The fourth-order valence-electron chi connectivity index (χ4n) is 2.05. The molecule has 0 fully saturated rings. The van der Waals surface area contributed by atoms with Gasteiger partial charge in [-0.2, -0.15) is 0 Å². The molecule has 24 heavy (non-hydrogen) atoms. The lowest BCUT2D eigenvalue weighted by Crippen LogP contribution is -2.30. The van der Waals surface area contributed by atoms with E-state index in [0.717, 1.165) is 5.56 Å². The topological polar surface area (TPSA) is 64.6 Å². The molecule has 0 radical (unpaired) electrons. The lowest BCUT2D eigenvalue weighted by molar-refractivity contribution is -0.122. The maximum Gasteiger partial charge on any atom is 0.339 e. The minimum atomic E-state index is -0.705. The molecule has 1 atom stereocenters. The van der Waals surface area contributed by atoms with Gasteiger partial charge in [-0.3, -0.25) is 4.79 Å². The van der Waals surface area contributed by atoms with Gasteiger partial charge in [0.25, 0.3) is 5.91 Å². The van der Waals surface area contributed by atoms with E-state index in [4.69, 9.17) is 16.3 Å². The SMILES string of the molecule is COC(=O)c1cc(NC(=O)C(C)Oc2ccccc2C)ccc1Cl. The Morgan fingerprint density at radius 1 is 1.17 bits per heavy atom. The number of amides is 1. The van der Waals surface area contributed by atoms with Crippen molar-refractivity contribution >= 4 is 29.2 Å². The Kier molecular flexibility index (Phi) is 5.82. The van der Waals surface area contributed by atoms with Crippen molar-refractivity contribution in [2.75, 3.05) is 12.4 Å². The van der Waals surface area contributed by atoms with E-state index in [2.05, 4.69) is 10.1 Å². The standard InChI is InChI=1S/C18H18ClNO4/c1-11-6-4-5-7-16(11)24-12(2)17(21)20-13-8-9-15(19)14(10-13)18(22)23-3/h4-10,12H,1-3H3,(H,20,21). The van der Waals surface area contributed by atoms with Crippen LogP contribution in [0.2, 0.25) is 5.02 Å². The first-order chi connectivity index (χ1) is 11.4. The van der Waals surface area contributed by atoms with E-state index in [1.807, 2.05) is 25.1 Å². The maximum atomic E-state index is 12.3. The summed E-state index contributed by atoms with van der Waals surface area (Å²) in [5.74, 6) is -0.261. The molecule has 0 saturated heterocycles. The van der Waals surface area contributed by atoms with E-state index in [0.29, 0.717) is 11.4 Å². The smallest absolute Gasteiger partial charge is 0.339 e. The van der Waals surface area contributed by atoms with Crippen LogP contribution in [0.4, 0.5) is 5.69 Å². The normalized spacial score (nSPS) is 11.5. The lowest BCUT2D eigenvalue weighted by Gasteiger charge is -2.16. The van der Waals surface area contributed by atoms with Crippen molar-refractivity contribution in [2.24, 2.45) is 0 Å². The highest BCUT2D eigenvalue weighted by atomic mass is 35.5. The molecule has 0 aromatic heterocycles. The number of benzene rings is 2. The molecular formula is C18H18ClNO4. The summed E-state index contributed by atoms with van der Waals surface area (Å²) in [6.45, 7) is 3.56. The fraction of sp³-hybridized carbons (Fsp3) is 0.222. The van der Waals surface area contributed by atoms with Gasteiger partial charge in [0, 0.05) is 5.69 Å². The Labute approximate surface area is 145 Å². The molecule has 0 aliphatic carbocycles. The molecule has 2 aromatic rings. The Morgan fingerprint density at radius 2 is 1.88 bits per heavy atom. The molecule has 0 aliphatic rings. The van der Waals surface area contributed by atoms with Crippen molar-refractivity contribution < 1.29 is 19.1 Å². The number of esters is 1. The number of carbonyl (C=O) groups excluding carboxylic acids is 2. The van der Waals surface area contributed by atoms with Gasteiger partial charge in [0.05, 0.1) is 17.7 Å². The number of carbonyl (C=O) groups is 2. The second kappa shape index (κ2) is 7.84. The molecular weight excluding hydrogens is 330 g/mol. The van der Waals surface area contributed by atoms with E-state index in [1.165, 1.54) is 19.2 Å². The van der Waals surface area contributed by atoms with Gasteiger partial charge >= 0.3 is 5.97 Å². The number of anilines is 1. The molecule has 1 amide bonds. The Bertz CT molecular complexity index is 760. The van der Waals surface area contributed by atoms with E-state index in [-0.39, 0.29) is 16.5 Å². The summed E-state index contributed by atoms with van der Waals surface area (Å²) in [7, 11) is 1.27. The number of para-hydroxylation sites is 1. The third-order valence-corrected chi connectivity index (χ3v) is 3.74. The predicted octanol–water partition coefficient (Wildman–Crippen LogP) is 3.84. The van der Waals surface area contributed by atoms with E-state index in [9.17, 15) is 9.59 Å². The van der Waals surface area contributed by atoms with Crippen LogP contribution >= 0.6 is 11.6 Å². The second-order valence-corrected chi connectivity index (χ2v) is 5.61. The van der Waals surface area contributed by atoms with Crippen molar-refractivity contribution in [1.82, 2.24) is 0 Å². The molecule has 0 saturated carbocycles. The first-order valence-electron chi connectivity index (χ1n) is 7.33. The number of aryl methyl sites for hydroxylation is 1. The zero-order valence-corrected chi connectivity index (χ0v) is 14.4. The maximum absolute atomic E-state index is 12.3. The number of ether oxygens (including phenoxy) is 2. The summed E-state index contributed by atoms with van der Waals surface area (Å²) in [5, 5.41) is 2.95. The average Bonchev–Trinajstić information content (AvgIpc) is 2.57. The molecule has 2 aromatic carbocycles. The van der Waals surface area contributed by atoms with E-state index >= 15 is 0 Å². The molecule has 126 valence electrons. The van der Waals surface area contributed by atoms with Crippen LogP contribution in [0, 0.1) is 6.92 Å². The van der Waals surface area contributed by atoms with Crippen LogP contribution in [-0.2, 0) is 9.53 Å². The van der Waals surface area contributed by atoms with Crippen molar-refractivity contribution in [3.8, 4) is 5.75 Å². The third-order valence-electron chi connectivity index (χ3n) is 3.41. The third kappa shape index (κ3) is 4.26. The highest BCUT2D eigenvalue weighted by Crippen LogP contribution is 2.22. The number of nitrogens with one attached hydrogen (secondary N) is 1. The van der Waals surface area contributed by atoms with Crippen molar-refractivity contribution in [2.45, 2.75) is 20.0 Å². The zero-order valence-electron chi connectivity index (χ0n) is 13.6. The van der Waals surface area contributed by atoms with Gasteiger partial charge in [-0.1, -0.05) is 29.8 Å². The fourth-order valence-corrected chi connectivity index (χ4v) is 2.24. The number of hydrogen-bond acceptors (Lipinski definition) is 4. The van der Waals surface area contributed by atoms with Crippen LogP contribution in [0.25, 0.3) is 0 Å². The quantitative estimate of drug-likeness (QED) is 0.834. The van der Waals surface area contributed by atoms with E-state index in [1.54, 1.807) is 19.1 Å². The van der Waals surface area contributed by atoms with Gasteiger partial charge in [0.15, 0.2) is 6.10 Å². The Morgan fingerprint density at radius 3 is 2.54 bits per heavy atom. The van der Waals surface area contributed by atoms with Gasteiger partial charge in [-0.15, -0.1) is 0 Å². The van der Waals surface area contributed by atoms with Gasteiger partial charge < -0.3 is 14.8 Å². The zero-order chi connectivity index (χ0) is 17.7. The summed E-state index contributed by atoms with van der Waals surface area (Å²) >= 11 is 5.96. The van der Waals surface area contributed by atoms with Gasteiger partial charge in [0.2, 0.25) is 0 Å². The van der Waals surface area contributed by atoms with Gasteiger partial charge in [0.1, 0.15) is 5.75 Å². The van der Waals surface area contributed by atoms with Crippen LogP contribution < -0.4 is 10.1 Å². The minimum absolute atomic E-state index is 0.185. The summed E-state index contributed by atoms with van der Waals surface area (Å²) in [6.07, 6.45) is -0.705. The monoisotopic (exact) mass is 347 g/mol. The molecule has 1 unspecified atom stereocenters.